The Morgan fingerprint density at radius 1 is 1.23 bits per heavy atom. The molecule has 5 nitrogen and oxygen atoms in total. The molecule has 0 aromatic rings. The molecule has 1 unspecified atom stereocenters. The summed E-state index contributed by atoms with van der Waals surface area (Å²) in [6.45, 7) is 10.0. The molecular weight excluding hydrogens is 276 g/mol. The lowest BCUT2D eigenvalue weighted by Crippen LogP contribution is -2.46. The molecular formula is C17H34N4O. The van der Waals surface area contributed by atoms with Gasteiger partial charge in [-0.1, -0.05) is 26.7 Å². The van der Waals surface area contributed by atoms with Crippen molar-refractivity contribution in [2.24, 2.45) is 16.3 Å². The fourth-order valence-corrected chi connectivity index (χ4v) is 2.90. The minimum Gasteiger partial charge on any atom is -0.357 e. The Hall–Kier alpha value is -1.26. The average Bonchev–Trinajstić information content (AvgIpc) is 2.93. The smallest absolute Gasteiger partial charge is 0.230 e. The lowest BCUT2D eigenvalue weighted by Gasteiger charge is -2.29. The van der Waals surface area contributed by atoms with Crippen molar-refractivity contribution in [1.82, 2.24) is 15.5 Å². The van der Waals surface area contributed by atoms with E-state index in [1.54, 1.807) is 4.90 Å². The summed E-state index contributed by atoms with van der Waals surface area (Å²) in [5, 5.41) is 6.73. The van der Waals surface area contributed by atoms with Crippen LogP contribution in [0.3, 0.4) is 0 Å². The number of rotatable bonds is 6. The molecule has 128 valence electrons. The molecule has 0 aromatic heterocycles. The van der Waals surface area contributed by atoms with Crippen LogP contribution in [0.15, 0.2) is 4.99 Å². The predicted octanol–water partition coefficient (Wildman–Crippen LogP) is 2.23. The summed E-state index contributed by atoms with van der Waals surface area (Å²) in [5.41, 5.74) is -0.299. The third-order valence-electron chi connectivity index (χ3n) is 4.67. The van der Waals surface area contributed by atoms with Crippen molar-refractivity contribution >= 4 is 11.9 Å². The van der Waals surface area contributed by atoms with Crippen LogP contribution < -0.4 is 10.6 Å². The summed E-state index contributed by atoms with van der Waals surface area (Å²) in [7, 11) is 3.69. The van der Waals surface area contributed by atoms with Gasteiger partial charge in [-0.05, 0) is 32.6 Å². The second-order valence-corrected chi connectivity index (χ2v) is 7.06. The van der Waals surface area contributed by atoms with Gasteiger partial charge >= 0.3 is 0 Å². The monoisotopic (exact) mass is 310 g/mol. The number of nitrogens with one attached hydrogen (secondary N) is 2. The molecule has 0 heterocycles. The van der Waals surface area contributed by atoms with Gasteiger partial charge in [-0.2, -0.15) is 0 Å². The van der Waals surface area contributed by atoms with Crippen LogP contribution in [0.4, 0.5) is 0 Å². The summed E-state index contributed by atoms with van der Waals surface area (Å²) < 4.78 is 0. The van der Waals surface area contributed by atoms with Crippen LogP contribution in [0.5, 0.6) is 0 Å². The van der Waals surface area contributed by atoms with Gasteiger partial charge in [0.1, 0.15) is 0 Å². The average molecular weight is 310 g/mol. The molecule has 0 saturated heterocycles. The van der Waals surface area contributed by atoms with Crippen molar-refractivity contribution in [3.63, 3.8) is 0 Å². The fraction of sp³-hybridized carbons (Fsp3) is 0.882. The van der Waals surface area contributed by atoms with E-state index < -0.39 is 0 Å². The van der Waals surface area contributed by atoms with Crippen LogP contribution >= 0.6 is 0 Å². The highest BCUT2D eigenvalue weighted by atomic mass is 16.2. The summed E-state index contributed by atoms with van der Waals surface area (Å²) in [6.07, 6.45) is 4.15. The van der Waals surface area contributed by atoms with Crippen molar-refractivity contribution in [3.05, 3.63) is 0 Å². The molecule has 1 atom stereocenters. The molecule has 0 aliphatic heterocycles. The van der Waals surface area contributed by atoms with Gasteiger partial charge in [0, 0.05) is 26.7 Å². The minimum atomic E-state index is -0.299. The Bertz CT molecular complexity index is 384. The van der Waals surface area contributed by atoms with E-state index in [0.29, 0.717) is 18.5 Å². The first-order valence-electron chi connectivity index (χ1n) is 8.59. The van der Waals surface area contributed by atoms with Crippen LogP contribution in [0.2, 0.25) is 0 Å². The van der Waals surface area contributed by atoms with E-state index in [9.17, 15) is 4.79 Å². The third kappa shape index (κ3) is 4.89. The predicted molar refractivity (Wildman–Crippen MR) is 93.0 cm³/mol. The molecule has 0 spiro atoms. The summed E-state index contributed by atoms with van der Waals surface area (Å²) in [4.78, 5) is 19.0. The Morgan fingerprint density at radius 2 is 1.82 bits per heavy atom. The zero-order valence-electron chi connectivity index (χ0n) is 15.2. The van der Waals surface area contributed by atoms with Gasteiger partial charge < -0.3 is 15.5 Å². The highest BCUT2D eigenvalue weighted by Gasteiger charge is 2.42. The Morgan fingerprint density at radius 3 is 2.27 bits per heavy atom. The van der Waals surface area contributed by atoms with Crippen molar-refractivity contribution in [1.29, 1.82) is 0 Å². The summed E-state index contributed by atoms with van der Waals surface area (Å²) in [5.74, 6) is 1.58. The molecule has 22 heavy (non-hydrogen) atoms. The highest BCUT2D eigenvalue weighted by molar-refractivity contribution is 5.84. The van der Waals surface area contributed by atoms with Crippen molar-refractivity contribution in [2.45, 2.75) is 59.4 Å². The number of hydrogen-bond acceptors (Lipinski definition) is 2. The van der Waals surface area contributed by atoms with E-state index in [0.717, 1.165) is 38.2 Å². The number of nitrogens with zero attached hydrogens (tertiary/aromatic N) is 2. The standard InChI is InChI=1S/C17H34N4O/c1-7-18-16(20-14(4)13(2)3)19-12-17(10-8-9-11-17)15(22)21(5)6/h13-14H,7-12H2,1-6H3,(H2,18,19,20). The van der Waals surface area contributed by atoms with Crippen molar-refractivity contribution in [3.8, 4) is 0 Å². The number of hydrogen-bond donors (Lipinski definition) is 2. The number of guanidine groups is 1. The Kier molecular flexibility index (Phi) is 7.17. The van der Waals surface area contributed by atoms with Gasteiger partial charge in [-0.25, -0.2) is 0 Å². The maximum atomic E-state index is 12.6. The molecule has 5 heteroatoms. The number of carbonyl (C=O) groups is 1. The fourth-order valence-electron chi connectivity index (χ4n) is 2.90. The highest BCUT2D eigenvalue weighted by Crippen LogP contribution is 2.39. The van der Waals surface area contributed by atoms with E-state index in [-0.39, 0.29) is 11.3 Å². The largest absolute Gasteiger partial charge is 0.357 e. The molecule has 1 aliphatic rings. The molecule has 0 aromatic carbocycles. The van der Waals surface area contributed by atoms with Gasteiger partial charge in [0.15, 0.2) is 5.96 Å². The zero-order valence-corrected chi connectivity index (χ0v) is 15.2. The number of amides is 1. The maximum Gasteiger partial charge on any atom is 0.230 e. The van der Waals surface area contributed by atoms with Crippen LogP contribution in [0, 0.1) is 11.3 Å². The minimum absolute atomic E-state index is 0.224. The van der Waals surface area contributed by atoms with Gasteiger partial charge in [0.2, 0.25) is 5.91 Å². The first kappa shape index (κ1) is 18.8. The lowest BCUT2D eigenvalue weighted by atomic mass is 9.85. The number of aliphatic imine (C=N–C) groups is 1. The van der Waals surface area contributed by atoms with Crippen molar-refractivity contribution < 1.29 is 4.79 Å². The van der Waals surface area contributed by atoms with E-state index in [4.69, 9.17) is 4.99 Å². The van der Waals surface area contributed by atoms with Gasteiger partial charge in [-0.15, -0.1) is 0 Å². The second-order valence-electron chi connectivity index (χ2n) is 7.06. The van der Waals surface area contributed by atoms with Crippen LogP contribution in [0.25, 0.3) is 0 Å². The Labute approximate surface area is 135 Å². The molecule has 1 fully saturated rings. The molecule has 1 amide bonds. The first-order valence-corrected chi connectivity index (χ1v) is 8.59. The molecule has 0 radical (unpaired) electrons. The topological polar surface area (TPSA) is 56.7 Å². The molecule has 1 rings (SSSR count). The van der Waals surface area contributed by atoms with Crippen LogP contribution in [-0.4, -0.2) is 50.0 Å². The summed E-state index contributed by atoms with van der Waals surface area (Å²) >= 11 is 0. The first-order chi connectivity index (χ1) is 10.3. The third-order valence-corrected chi connectivity index (χ3v) is 4.67. The van der Waals surface area contributed by atoms with E-state index in [2.05, 4.69) is 38.3 Å². The van der Waals surface area contributed by atoms with Gasteiger partial charge in [0.05, 0.1) is 12.0 Å². The molecule has 2 N–H and O–H groups in total. The molecule has 1 saturated carbocycles. The zero-order chi connectivity index (χ0) is 16.8. The maximum absolute atomic E-state index is 12.6. The number of carbonyl (C=O) groups excluding carboxylic acids is 1. The molecule has 0 bridgehead atoms. The lowest BCUT2D eigenvalue weighted by molar-refractivity contribution is -0.138. The van der Waals surface area contributed by atoms with Crippen LogP contribution in [0.1, 0.15) is 53.4 Å². The normalized spacial score (nSPS) is 19.1. The molecule has 1 aliphatic carbocycles. The van der Waals surface area contributed by atoms with E-state index in [1.165, 1.54) is 0 Å². The van der Waals surface area contributed by atoms with Gasteiger partial charge in [0.25, 0.3) is 0 Å². The SMILES string of the molecule is CCNC(=NCC1(C(=O)N(C)C)CCCC1)NC(C)C(C)C. The summed E-state index contributed by atoms with van der Waals surface area (Å²) in [6, 6.07) is 0.349. The van der Waals surface area contributed by atoms with E-state index in [1.807, 2.05) is 14.1 Å². The second kappa shape index (κ2) is 8.39. The van der Waals surface area contributed by atoms with Crippen LogP contribution in [-0.2, 0) is 4.79 Å². The quantitative estimate of drug-likeness (QED) is 0.584. The van der Waals surface area contributed by atoms with Crippen molar-refractivity contribution in [2.75, 3.05) is 27.2 Å². The Balaban J connectivity index is 2.83. The van der Waals surface area contributed by atoms with E-state index >= 15 is 0 Å². The van der Waals surface area contributed by atoms with Gasteiger partial charge in [-0.3, -0.25) is 9.79 Å².